The zero-order valence-corrected chi connectivity index (χ0v) is 15.3. The maximum atomic E-state index is 12.6. The summed E-state index contributed by atoms with van der Waals surface area (Å²) in [6.45, 7) is 6.58. The van der Waals surface area contributed by atoms with Crippen LogP contribution in [0.4, 0.5) is 0 Å². The van der Waals surface area contributed by atoms with E-state index in [0.717, 1.165) is 29.0 Å². The Labute approximate surface area is 146 Å². The molecule has 2 aromatic rings. The Morgan fingerprint density at radius 2 is 2.33 bits per heavy atom. The van der Waals surface area contributed by atoms with Gasteiger partial charge in [0.05, 0.1) is 18.3 Å². The van der Waals surface area contributed by atoms with Crippen LogP contribution < -0.4 is 5.32 Å². The molecule has 0 radical (unpaired) electrons. The first-order chi connectivity index (χ1) is 11.3. The highest BCUT2D eigenvalue weighted by Gasteiger charge is 2.29. The summed E-state index contributed by atoms with van der Waals surface area (Å²) in [6, 6.07) is 4.05. The van der Waals surface area contributed by atoms with Crippen LogP contribution in [0.1, 0.15) is 49.4 Å². The summed E-state index contributed by atoms with van der Waals surface area (Å²) in [4.78, 5) is 13.8. The van der Waals surface area contributed by atoms with Gasteiger partial charge in [-0.15, -0.1) is 11.3 Å². The number of aromatic nitrogens is 2. The first kappa shape index (κ1) is 17.2. The molecule has 1 amide bonds. The van der Waals surface area contributed by atoms with Crippen molar-refractivity contribution in [2.24, 2.45) is 5.41 Å². The summed E-state index contributed by atoms with van der Waals surface area (Å²) in [5.41, 5.74) is 2.08. The van der Waals surface area contributed by atoms with Gasteiger partial charge in [0.15, 0.2) is 0 Å². The first-order valence-electron chi connectivity index (χ1n) is 8.39. The van der Waals surface area contributed by atoms with Crippen LogP contribution >= 0.6 is 11.3 Å². The van der Waals surface area contributed by atoms with Crippen LogP contribution in [-0.2, 0) is 24.2 Å². The molecule has 0 aromatic carbocycles. The van der Waals surface area contributed by atoms with E-state index in [1.54, 1.807) is 16.0 Å². The number of carbonyl (C=O) groups excluding carboxylic acids is 1. The number of aryl methyl sites for hydroxylation is 1. The van der Waals surface area contributed by atoms with Gasteiger partial charge in [-0.1, -0.05) is 26.8 Å². The quantitative estimate of drug-likeness (QED) is 0.893. The van der Waals surface area contributed by atoms with Crippen LogP contribution in [0, 0.1) is 5.41 Å². The van der Waals surface area contributed by atoms with E-state index in [-0.39, 0.29) is 30.0 Å². The van der Waals surface area contributed by atoms with Gasteiger partial charge < -0.3 is 10.4 Å². The third kappa shape index (κ3) is 3.70. The lowest BCUT2D eigenvalue weighted by Crippen LogP contribution is -2.38. The Kier molecular flexibility index (Phi) is 4.78. The molecule has 2 atom stereocenters. The molecule has 0 bridgehead atoms. The number of rotatable bonds is 4. The van der Waals surface area contributed by atoms with Crippen LogP contribution in [0.15, 0.2) is 23.7 Å². The fourth-order valence-corrected chi connectivity index (χ4v) is 4.21. The average Bonchev–Trinajstić information content (AvgIpc) is 3.14. The second kappa shape index (κ2) is 6.69. The fraction of sp³-hybridized carbons (Fsp3) is 0.556. The van der Waals surface area contributed by atoms with Gasteiger partial charge in [0, 0.05) is 17.0 Å². The molecule has 5 nitrogen and oxygen atoms in total. The predicted octanol–water partition coefficient (Wildman–Crippen LogP) is 2.70. The first-order valence-corrected chi connectivity index (χ1v) is 9.27. The smallest absolute Gasteiger partial charge is 0.242 e. The van der Waals surface area contributed by atoms with Crippen molar-refractivity contribution in [3.05, 3.63) is 39.8 Å². The molecule has 2 N–H and O–H groups in total. The molecule has 24 heavy (non-hydrogen) atoms. The van der Waals surface area contributed by atoms with Crippen LogP contribution in [0.3, 0.4) is 0 Å². The Hall–Kier alpha value is -1.66. The van der Waals surface area contributed by atoms with Gasteiger partial charge in [0.25, 0.3) is 0 Å². The van der Waals surface area contributed by atoms with Crippen LogP contribution in [0.25, 0.3) is 0 Å². The van der Waals surface area contributed by atoms with Crippen LogP contribution in [-0.4, -0.2) is 26.9 Å². The van der Waals surface area contributed by atoms with Crippen molar-refractivity contribution >= 4 is 17.2 Å². The highest BCUT2D eigenvalue weighted by Crippen LogP contribution is 2.35. The zero-order chi connectivity index (χ0) is 17.3. The minimum absolute atomic E-state index is 0.0259. The Morgan fingerprint density at radius 1 is 1.54 bits per heavy atom. The van der Waals surface area contributed by atoms with E-state index in [1.165, 1.54) is 0 Å². The predicted molar refractivity (Wildman–Crippen MR) is 94.9 cm³/mol. The molecule has 1 aliphatic carbocycles. The lowest BCUT2D eigenvalue weighted by molar-refractivity contribution is -0.123. The zero-order valence-electron chi connectivity index (χ0n) is 14.5. The molecular formula is C18H25N3O2S. The lowest BCUT2D eigenvalue weighted by atomic mass is 9.85. The van der Waals surface area contributed by atoms with Gasteiger partial charge in [-0.2, -0.15) is 5.10 Å². The maximum absolute atomic E-state index is 12.6. The third-order valence-electron chi connectivity index (χ3n) is 4.50. The van der Waals surface area contributed by atoms with Gasteiger partial charge >= 0.3 is 0 Å². The highest BCUT2D eigenvalue weighted by molar-refractivity contribution is 7.10. The third-order valence-corrected chi connectivity index (χ3v) is 5.44. The molecule has 1 aliphatic rings. The molecule has 2 aromatic heterocycles. The van der Waals surface area contributed by atoms with Gasteiger partial charge in [0.2, 0.25) is 5.91 Å². The van der Waals surface area contributed by atoms with Crippen molar-refractivity contribution in [3.8, 4) is 0 Å². The number of hydrogen-bond acceptors (Lipinski definition) is 4. The molecule has 0 saturated carbocycles. The van der Waals surface area contributed by atoms with Crippen molar-refractivity contribution in [1.82, 2.24) is 15.1 Å². The topological polar surface area (TPSA) is 67.2 Å². The molecular weight excluding hydrogens is 322 g/mol. The number of amides is 1. The number of nitrogens with zero attached hydrogens (tertiary/aromatic N) is 2. The number of hydrogen-bond donors (Lipinski definition) is 2. The minimum Gasteiger partial charge on any atom is -0.393 e. The SMILES string of the molecule is CC(C)(C)C(NC(=O)Cn1ncc2c1CC(O)CC2)c1cccs1. The molecule has 3 rings (SSSR count). The van der Waals surface area contributed by atoms with E-state index in [2.05, 4.69) is 37.3 Å². The Bertz CT molecular complexity index is 700. The molecule has 0 saturated heterocycles. The summed E-state index contributed by atoms with van der Waals surface area (Å²) in [5, 5.41) is 19.4. The van der Waals surface area contributed by atoms with Crippen molar-refractivity contribution in [2.45, 2.75) is 58.7 Å². The fourth-order valence-electron chi connectivity index (χ4n) is 3.19. The average molecular weight is 347 g/mol. The standard InChI is InChI=1S/C18H25N3O2S/c1-18(2,3)17(15-5-4-8-24-15)20-16(23)11-21-14-9-13(22)7-6-12(14)10-19-21/h4-5,8,10,13,17,22H,6-7,9,11H2,1-3H3,(H,20,23). The summed E-state index contributed by atoms with van der Waals surface area (Å²) in [6.07, 6.45) is 3.68. The van der Waals surface area contributed by atoms with Gasteiger partial charge in [-0.25, -0.2) is 0 Å². The van der Waals surface area contributed by atoms with E-state index >= 15 is 0 Å². The van der Waals surface area contributed by atoms with E-state index < -0.39 is 0 Å². The number of fused-ring (bicyclic) bond motifs is 1. The van der Waals surface area contributed by atoms with Gasteiger partial charge in [-0.05, 0) is 35.3 Å². The largest absolute Gasteiger partial charge is 0.393 e. The van der Waals surface area contributed by atoms with Crippen LogP contribution in [0.5, 0.6) is 0 Å². The Balaban J connectivity index is 1.72. The molecule has 130 valence electrons. The van der Waals surface area contributed by atoms with E-state index in [0.29, 0.717) is 6.42 Å². The summed E-state index contributed by atoms with van der Waals surface area (Å²) in [5.74, 6) is -0.0470. The molecule has 6 heteroatoms. The molecule has 2 unspecified atom stereocenters. The molecule has 0 fully saturated rings. The highest BCUT2D eigenvalue weighted by atomic mass is 32.1. The molecule has 0 aliphatic heterocycles. The van der Waals surface area contributed by atoms with Gasteiger partial charge in [-0.3, -0.25) is 9.48 Å². The normalized spacial score (nSPS) is 18.9. The van der Waals surface area contributed by atoms with Crippen LogP contribution in [0.2, 0.25) is 0 Å². The van der Waals surface area contributed by atoms with Crippen molar-refractivity contribution in [2.75, 3.05) is 0 Å². The van der Waals surface area contributed by atoms with Crippen molar-refractivity contribution in [3.63, 3.8) is 0 Å². The summed E-state index contributed by atoms with van der Waals surface area (Å²) < 4.78 is 1.74. The summed E-state index contributed by atoms with van der Waals surface area (Å²) in [7, 11) is 0. The molecule has 2 heterocycles. The minimum atomic E-state index is -0.329. The number of thiophene rings is 1. The lowest BCUT2D eigenvalue weighted by Gasteiger charge is -2.31. The number of aliphatic hydroxyl groups excluding tert-OH is 1. The van der Waals surface area contributed by atoms with E-state index in [1.807, 2.05) is 17.6 Å². The van der Waals surface area contributed by atoms with E-state index in [4.69, 9.17) is 0 Å². The summed E-state index contributed by atoms with van der Waals surface area (Å²) >= 11 is 1.66. The monoisotopic (exact) mass is 347 g/mol. The number of aliphatic hydroxyl groups is 1. The molecule has 0 spiro atoms. The van der Waals surface area contributed by atoms with Gasteiger partial charge in [0.1, 0.15) is 6.54 Å². The maximum Gasteiger partial charge on any atom is 0.242 e. The number of carbonyl (C=O) groups is 1. The second-order valence-electron chi connectivity index (χ2n) is 7.55. The number of nitrogens with one attached hydrogen (secondary N) is 1. The van der Waals surface area contributed by atoms with E-state index in [9.17, 15) is 9.90 Å². The van der Waals surface area contributed by atoms with Crippen molar-refractivity contribution in [1.29, 1.82) is 0 Å². The Morgan fingerprint density at radius 3 is 3.00 bits per heavy atom. The second-order valence-corrected chi connectivity index (χ2v) is 8.53. The van der Waals surface area contributed by atoms with Crippen molar-refractivity contribution < 1.29 is 9.90 Å².